The maximum absolute atomic E-state index is 11.3. The van der Waals surface area contributed by atoms with Gasteiger partial charge in [-0.05, 0) is 12.2 Å². The molecule has 1 fully saturated rings. The van der Waals surface area contributed by atoms with E-state index in [4.69, 9.17) is 12.2 Å². The molecule has 6 heteroatoms. The number of hydrogen-bond donors (Lipinski definition) is 2. The third-order valence-corrected chi connectivity index (χ3v) is 2.14. The van der Waals surface area contributed by atoms with Crippen molar-refractivity contribution in [3.8, 4) is 0 Å². The van der Waals surface area contributed by atoms with Crippen molar-refractivity contribution in [2.24, 2.45) is 7.05 Å². The van der Waals surface area contributed by atoms with Gasteiger partial charge in [0.15, 0.2) is 5.11 Å². The van der Waals surface area contributed by atoms with Gasteiger partial charge in [-0.15, -0.1) is 0 Å². The Morgan fingerprint density at radius 2 is 2.46 bits per heavy atom. The van der Waals surface area contributed by atoms with Gasteiger partial charge >= 0.3 is 0 Å². The van der Waals surface area contributed by atoms with Crippen molar-refractivity contribution in [3.05, 3.63) is 18.2 Å². The van der Waals surface area contributed by atoms with Crippen LogP contribution in [0.3, 0.4) is 0 Å². The Kier molecular flexibility index (Phi) is 1.77. The zero-order chi connectivity index (χ0) is 9.42. The molecule has 1 amide bonds. The number of thiocarbonyl (C=S) groups is 1. The molecule has 0 aliphatic carbocycles. The normalized spacial score (nSPS) is 21.5. The fourth-order valence-corrected chi connectivity index (χ4v) is 1.49. The lowest BCUT2D eigenvalue weighted by Gasteiger charge is -2.07. The smallest absolute Gasteiger partial charge is 0.254 e. The van der Waals surface area contributed by atoms with Crippen molar-refractivity contribution in [1.82, 2.24) is 20.2 Å². The van der Waals surface area contributed by atoms with Crippen molar-refractivity contribution in [2.75, 3.05) is 0 Å². The van der Waals surface area contributed by atoms with Gasteiger partial charge in [0, 0.05) is 7.05 Å². The summed E-state index contributed by atoms with van der Waals surface area (Å²) >= 11 is 4.82. The number of amides is 1. The molecule has 2 N–H and O–H groups in total. The Hall–Kier alpha value is -1.43. The minimum absolute atomic E-state index is 0.131. The van der Waals surface area contributed by atoms with Crippen LogP contribution >= 0.6 is 12.2 Å². The van der Waals surface area contributed by atoms with Crippen LogP contribution in [0.4, 0.5) is 0 Å². The maximum Gasteiger partial charge on any atom is 0.254 e. The quantitative estimate of drug-likeness (QED) is 0.593. The van der Waals surface area contributed by atoms with Gasteiger partial charge in [-0.3, -0.25) is 4.79 Å². The summed E-state index contributed by atoms with van der Waals surface area (Å²) in [5, 5.41) is 5.75. The van der Waals surface area contributed by atoms with Crippen LogP contribution < -0.4 is 10.6 Å². The van der Waals surface area contributed by atoms with Crippen LogP contribution in [0.5, 0.6) is 0 Å². The molecular formula is C7H8N4OS. The first-order chi connectivity index (χ1) is 6.18. The predicted octanol–water partition coefficient (Wildman–Crippen LogP) is -0.535. The molecule has 1 aliphatic rings. The average molecular weight is 196 g/mol. The van der Waals surface area contributed by atoms with E-state index in [1.165, 1.54) is 0 Å². The molecule has 2 rings (SSSR count). The molecule has 0 saturated carbocycles. The summed E-state index contributed by atoms with van der Waals surface area (Å²) in [7, 11) is 1.83. The lowest BCUT2D eigenvalue weighted by atomic mass is 10.2. The Morgan fingerprint density at radius 3 is 2.92 bits per heavy atom. The lowest BCUT2D eigenvalue weighted by Crippen LogP contribution is -2.22. The van der Waals surface area contributed by atoms with Crippen LogP contribution in [0.25, 0.3) is 0 Å². The number of carbonyl (C=O) groups is 1. The second-order valence-corrected chi connectivity index (χ2v) is 3.23. The summed E-state index contributed by atoms with van der Waals surface area (Å²) in [6.07, 6.45) is 3.29. The highest BCUT2D eigenvalue weighted by Gasteiger charge is 2.30. The Balaban J connectivity index is 2.32. The van der Waals surface area contributed by atoms with Gasteiger partial charge in [-0.25, -0.2) is 4.98 Å². The molecule has 1 aromatic rings. The summed E-state index contributed by atoms with van der Waals surface area (Å²) < 4.78 is 1.78. The molecule has 0 spiro atoms. The number of aryl methyl sites for hydroxylation is 1. The third-order valence-electron chi connectivity index (χ3n) is 1.92. The number of imidazole rings is 1. The lowest BCUT2D eigenvalue weighted by molar-refractivity contribution is -0.120. The standard InChI is InChI=1S/C7H8N4OS/c1-11-3-8-2-4(11)5-6(12)10-7(13)9-5/h2-3,5H,1H3,(H2,9,10,12,13). The number of nitrogens with one attached hydrogen (secondary N) is 2. The fraction of sp³-hybridized carbons (Fsp3) is 0.286. The fourth-order valence-electron chi connectivity index (χ4n) is 1.27. The van der Waals surface area contributed by atoms with Crippen LogP contribution in [0.15, 0.2) is 12.5 Å². The van der Waals surface area contributed by atoms with Gasteiger partial charge in [0.25, 0.3) is 5.91 Å². The SMILES string of the molecule is Cn1cncc1C1NC(=S)NC1=O. The zero-order valence-electron chi connectivity index (χ0n) is 6.94. The molecule has 5 nitrogen and oxygen atoms in total. The maximum atomic E-state index is 11.3. The van der Waals surface area contributed by atoms with Gasteiger partial charge < -0.3 is 15.2 Å². The first-order valence-electron chi connectivity index (χ1n) is 3.76. The van der Waals surface area contributed by atoms with E-state index in [2.05, 4.69) is 15.6 Å². The zero-order valence-corrected chi connectivity index (χ0v) is 7.76. The summed E-state index contributed by atoms with van der Waals surface area (Å²) in [6.45, 7) is 0. The van der Waals surface area contributed by atoms with Crippen LogP contribution in [-0.4, -0.2) is 20.6 Å². The van der Waals surface area contributed by atoms with E-state index in [-0.39, 0.29) is 5.91 Å². The predicted molar refractivity (Wildman–Crippen MR) is 49.8 cm³/mol. The summed E-state index contributed by atoms with van der Waals surface area (Å²) in [5.74, 6) is -0.131. The molecule has 1 aromatic heterocycles. The highest BCUT2D eigenvalue weighted by atomic mass is 32.1. The molecule has 2 heterocycles. The highest BCUT2D eigenvalue weighted by Crippen LogP contribution is 2.14. The Bertz CT molecular complexity index is 372. The third kappa shape index (κ3) is 1.29. The van der Waals surface area contributed by atoms with Gasteiger partial charge in [-0.2, -0.15) is 0 Å². The van der Waals surface area contributed by atoms with E-state index in [9.17, 15) is 4.79 Å². The van der Waals surface area contributed by atoms with E-state index in [0.717, 1.165) is 5.69 Å². The largest absolute Gasteiger partial charge is 0.346 e. The van der Waals surface area contributed by atoms with Crippen LogP contribution in [-0.2, 0) is 11.8 Å². The molecule has 1 saturated heterocycles. The van der Waals surface area contributed by atoms with Crippen LogP contribution in [0.2, 0.25) is 0 Å². The molecule has 0 radical (unpaired) electrons. The van der Waals surface area contributed by atoms with Gasteiger partial charge in [-0.1, -0.05) is 0 Å². The number of aromatic nitrogens is 2. The Morgan fingerprint density at radius 1 is 1.69 bits per heavy atom. The van der Waals surface area contributed by atoms with Crippen molar-refractivity contribution in [2.45, 2.75) is 6.04 Å². The van der Waals surface area contributed by atoms with E-state index < -0.39 is 6.04 Å². The van der Waals surface area contributed by atoms with E-state index in [0.29, 0.717) is 5.11 Å². The molecule has 0 bridgehead atoms. The molecule has 68 valence electrons. The molecule has 1 aliphatic heterocycles. The Labute approximate surface area is 80.1 Å². The summed E-state index contributed by atoms with van der Waals surface area (Å²) in [5.41, 5.74) is 0.803. The van der Waals surface area contributed by atoms with E-state index >= 15 is 0 Å². The van der Waals surface area contributed by atoms with Gasteiger partial charge in [0.1, 0.15) is 6.04 Å². The van der Waals surface area contributed by atoms with E-state index in [1.807, 2.05) is 7.05 Å². The van der Waals surface area contributed by atoms with Crippen LogP contribution in [0, 0.1) is 0 Å². The number of nitrogens with zero attached hydrogens (tertiary/aromatic N) is 2. The molecule has 1 atom stereocenters. The van der Waals surface area contributed by atoms with Crippen molar-refractivity contribution in [3.63, 3.8) is 0 Å². The average Bonchev–Trinajstić information content (AvgIpc) is 2.58. The van der Waals surface area contributed by atoms with Gasteiger partial charge in [0.2, 0.25) is 0 Å². The minimum atomic E-state index is -0.403. The molecular weight excluding hydrogens is 188 g/mol. The molecule has 1 unspecified atom stereocenters. The minimum Gasteiger partial charge on any atom is -0.346 e. The molecule has 13 heavy (non-hydrogen) atoms. The number of carbonyl (C=O) groups excluding carboxylic acids is 1. The van der Waals surface area contributed by atoms with Crippen molar-refractivity contribution >= 4 is 23.2 Å². The van der Waals surface area contributed by atoms with Crippen molar-refractivity contribution in [1.29, 1.82) is 0 Å². The van der Waals surface area contributed by atoms with E-state index in [1.54, 1.807) is 17.1 Å². The van der Waals surface area contributed by atoms with Gasteiger partial charge in [0.05, 0.1) is 18.2 Å². The first-order valence-corrected chi connectivity index (χ1v) is 4.17. The van der Waals surface area contributed by atoms with Crippen LogP contribution in [0.1, 0.15) is 11.7 Å². The van der Waals surface area contributed by atoms with Crippen molar-refractivity contribution < 1.29 is 4.79 Å². The number of hydrogen-bond acceptors (Lipinski definition) is 3. The number of rotatable bonds is 1. The summed E-state index contributed by atoms with van der Waals surface area (Å²) in [6, 6.07) is -0.403. The molecule has 0 aromatic carbocycles. The topological polar surface area (TPSA) is 59.0 Å². The second kappa shape index (κ2) is 2.81. The second-order valence-electron chi connectivity index (χ2n) is 2.83. The monoisotopic (exact) mass is 196 g/mol. The summed E-state index contributed by atoms with van der Waals surface area (Å²) in [4.78, 5) is 15.3. The highest BCUT2D eigenvalue weighted by molar-refractivity contribution is 7.80. The first kappa shape index (κ1) is 8.18.